The van der Waals surface area contributed by atoms with Gasteiger partial charge in [-0.1, -0.05) is 12.1 Å². The number of nitrogens with one attached hydrogen (secondary N) is 2. The highest BCUT2D eigenvalue weighted by atomic mass is 127. The lowest BCUT2D eigenvalue weighted by molar-refractivity contribution is 0.0733. The molecule has 6 nitrogen and oxygen atoms in total. The van der Waals surface area contributed by atoms with Crippen molar-refractivity contribution < 1.29 is 14.2 Å². The SMILES string of the molecule is CN=C(NCCOCCOC)NCC(C)Oc1cccc(C)c1.I. The van der Waals surface area contributed by atoms with E-state index in [9.17, 15) is 0 Å². The molecule has 0 bridgehead atoms. The van der Waals surface area contributed by atoms with Crippen LogP contribution in [-0.4, -0.2) is 59.1 Å². The largest absolute Gasteiger partial charge is 0.489 e. The van der Waals surface area contributed by atoms with Gasteiger partial charge in [0, 0.05) is 20.7 Å². The lowest BCUT2D eigenvalue weighted by atomic mass is 10.2. The quantitative estimate of drug-likeness (QED) is 0.247. The summed E-state index contributed by atoms with van der Waals surface area (Å²) >= 11 is 0. The third kappa shape index (κ3) is 10.7. The van der Waals surface area contributed by atoms with Gasteiger partial charge in [0.05, 0.1) is 26.4 Å². The maximum atomic E-state index is 5.88. The van der Waals surface area contributed by atoms with E-state index in [0.29, 0.717) is 32.9 Å². The minimum absolute atomic E-state index is 0. The Kier molecular flexibility index (Phi) is 13.7. The number of rotatable bonds is 10. The van der Waals surface area contributed by atoms with Crippen molar-refractivity contribution in [3.05, 3.63) is 29.8 Å². The van der Waals surface area contributed by atoms with Crippen LogP contribution in [0.4, 0.5) is 0 Å². The first-order chi connectivity index (χ1) is 11.2. The van der Waals surface area contributed by atoms with Gasteiger partial charge in [0.25, 0.3) is 0 Å². The van der Waals surface area contributed by atoms with Crippen LogP contribution >= 0.6 is 24.0 Å². The predicted octanol–water partition coefficient (Wildman–Crippen LogP) is 2.21. The molecule has 1 atom stereocenters. The number of benzene rings is 1. The molecular formula is C17H30IN3O3. The van der Waals surface area contributed by atoms with Crippen molar-refractivity contribution in [1.29, 1.82) is 0 Å². The molecule has 24 heavy (non-hydrogen) atoms. The first-order valence-electron chi connectivity index (χ1n) is 7.90. The zero-order valence-electron chi connectivity index (χ0n) is 15.0. The minimum atomic E-state index is 0. The lowest BCUT2D eigenvalue weighted by Gasteiger charge is -2.18. The Morgan fingerprint density at radius 2 is 2.00 bits per heavy atom. The predicted molar refractivity (Wildman–Crippen MR) is 109 cm³/mol. The highest BCUT2D eigenvalue weighted by Crippen LogP contribution is 2.13. The molecule has 1 aromatic rings. The Labute approximate surface area is 162 Å². The van der Waals surface area contributed by atoms with Crippen LogP contribution in [0, 0.1) is 6.92 Å². The van der Waals surface area contributed by atoms with Gasteiger partial charge >= 0.3 is 0 Å². The van der Waals surface area contributed by atoms with Crippen LogP contribution in [0.3, 0.4) is 0 Å². The van der Waals surface area contributed by atoms with Crippen molar-refractivity contribution >= 4 is 29.9 Å². The molecule has 1 unspecified atom stereocenters. The van der Waals surface area contributed by atoms with Crippen molar-refractivity contribution in [3.8, 4) is 5.75 Å². The van der Waals surface area contributed by atoms with Crippen molar-refractivity contribution in [1.82, 2.24) is 10.6 Å². The van der Waals surface area contributed by atoms with Gasteiger partial charge in [-0.2, -0.15) is 0 Å². The maximum absolute atomic E-state index is 5.88. The molecule has 2 N–H and O–H groups in total. The number of guanidine groups is 1. The molecule has 0 saturated carbocycles. The number of halogens is 1. The molecule has 0 spiro atoms. The van der Waals surface area contributed by atoms with Gasteiger partial charge in [0.2, 0.25) is 0 Å². The average molecular weight is 451 g/mol. The normalized spacial score (nSPS) is 12.2. The van der Waals surface area contributed by atoms with Gasteiger partial charge in [0.15, 0.2) is 5.96 Å². The molecule has 1 rings (SSSR count). The molecule has 0 amide bonds. The third-order valence-corrected chi connectivity index (χ3v) is 3.08. The lowest BCUT2D eigenvalue weighted by Crippen LogP contribution is -2.42. The van der Waals surface area contributed by atoms with Crippen molar-refractivity contribution in [3.63, 3.8) is 0 Å². The van der Waals surface area contributed by atoms with E-state index in [-0.39, 0.29) is 30.1 Å². The molecule has 0 aromatic heterocycles. The summed E-state index contributed by atoms with van der Waals surface area (Å²) < 4.78 is 16.2. The summed E-state index contributed by atoms with van der Waals surface area (Å²) in [6, 6.07) is 8.04. The maximum Gasteiger partial charge on any atom is 0.191 e. The zero-order chi connectivity index (χ0) is 16.9. The monoisotopic (exact) mass is 451 g/mol. The van der Waals surface area contributed by atoms with Crippen molar-refractivity contribution in [2.45, 2.75) is 20.0 Å². The Hall–Kier alpha value is -1.06. The minimum Gasteiger partial charge on any atom is -0.489 e. The van der Waals surface area contributed by atoms with Gasteiger partial charge in [-0.3, -0.25) is 4.99 Å². The summed E-state index contributed by atoms with van der Waals surface area (Å²) in [5.41, 5.74) is 1.19. The molecule has 0 saturated heterocycles. The van der Waals surface area contributed by atoms with E-state index in [0.717, 1.165) is 11.7 Å². The van der Waals surface area contributed by atoms with E-state index in [4.69, 9.17) is 14.2 Å². The highest BCUT2D eigenvalue weighted by Gasteiger charge is 2.05. The topological polar surface area (TPSA) is 64.1 Å². The number of aryl methyl sites for hydroxylation is 1. The molecule has 0 aliphatic heterocycles. The zero-order valence-corrected chi connectivity index (χ0v) is 17.3. The first kappa shape index (κ1) is 22.9. The first-order valence-corrected chi connectivity index (χ1v) is 7.90. The smallest absolute Gasteiger partial charge is 0.191 e. The average Bonchev–Trinajstić information content (AvgIpc) is 2.53. The molecule has 138 valence electrons. The Bertz CT molecular complexity index is 472. The fourth-order valence-electron chi connectivity index (χ4n) is 1.91. The Balaban J connectivity index is 0.00000529. The summed E-state index contributed by atoms with van der Waals surface area (Å²) in [6.07, 6.45) is 0.0355. The van der Waals surface area contributed by atoms with Gasteiger partial charge in [0.1, 0.15) is 11.9 Å². The number of nitrogens with zero attached hydrogens (tertiary/aromatic N) is 1. The fraction of sp³-hybridized carbons (Fsp3) is 0.588. The second-order valence-electron chi connectivity index (χ2n) is 5.23. The fourth-order valence-corrected chi connectivity index (χ4v) is 1.91. The number of hydrogen-bond donors (Lipinski definition) is 2. The van der Waals surface area contributed by atoms with E-state index in [1.54, 1.807) is 14.2 Å². The Morgan fingerprint density at radius 1 is 1.21 bits per heavy atom. The molecule has 7 heteroatoms. The van der Waals surface area contributed by atoms with Crippen LogP contribution in [0.2, 0.25) is 0 Å². The molecule has 0 fully saturated rings. The number of methoxy groups -OCH3 is 1. The standard InChI is InChI=1S/C17H29N3O3.HI/c1-14-6-5-7-16(12-14)23-15(2)13-20-17(18-3)19-8-9-22-11-10-21-4;/h5-7,12,15H,8-11,13H2,1-4H3,(H2,18,19,20);1H. The van der Waals surface area contributed by atoms with Gasteiger partial charge in [-0.05, 0) is 31.5 Å². The molecule has 0 aliphatic rings. The molecule has 0 radical (unpaired) electrons. The summed E-state index contributed by atoms with van der Waals surface area (Å²) in [5, 5.41) is 6.43. The molecular weight excluding hydrogens is 421 g/mol. The second-order valence-corrected chi connectivity index (χ2v) is 5.23. The van der Waals surface area contributed by atoms with Gasteiger partial charge in [-0.25, -0.2) is 0 Å². The van der Waals surface area contributed by atoms with E-state index in [1.807, 2.05) is 25.1 Å². The summed E-state index contributed by atoms with van der Waals surface area (Å²) in [7, 11) is 3.40. The molecule has 0 aliphatic carbocycles. The highest BCUT2D eigenvalue weighted by molar-refractivity contribution is 14.0. The Morgan fingerprint density at radius 3 is 2.67 bits per heavy atom. The van der Waals surface area contributed by atoms with Crippen molar-refractivity contribution in [2.24, 2.45) is 4.99 Å². The molecule has 0 heterocycles. The van der Waals surface area contributed by atoms with E-state index >= 15 is 0 Å². The van der Waals surface area contributed by atoms with Crippen molar-refractivity contribution in [2.75, 3.05) is 47.1 Å². The van der Waals surface area contributed by atoms with Crippen LogP contribution < -0.4 is 15.4 Å². The number of aliphatic imine (C=N–C) groups is 1. The third-order valence-electron chi connectivity index (χ3n) is 3.08. The van der Waals surface area contributed by atoms with Gasteiger partial charge < -0.3 is 24.8 Å². The van der Waals surface area contributed by atoms with E-state index < -0.39 is 0 Å². The summed E-state index contributed by atoms with van der Waals surface area (Å²) in [4.78, 5) is 4.17. The van der Waals surface area contributed by atoms with E-state index in [2.05, 4.69) is 28.6 Å². The molecule has 1 aromatic carbocycles. The summed E-state index contributed by atoms with van der Waals surface area (Å²) in [5.74, 6) is 1.62. The van der Waals surface area contributed by atoms with E-state index in [1.165, 1.54) is 5.56 Å². The number of ether oxygens (including phenoxy) is 3. The number of hydrogen-bond acceptors (Lipinski definition) is 4. The van der Waals surface area contributed by atoms with Gasteiger partial charge in [-0.15, -0.1) is 24.0 Å². The van der Waals surface area contributed by atoms with Crippen LogP contribution in [0.15, 0.2) is 29.3 Å². The van der Waals surface area contributed by atoms with Crippen LogP contribution in [0.5, 0.6) is 5.75 Å². The summed E-state index contributed by atoms with van der Waals surface area (Å²) in [6.45, 7) is 7.26. The van der Waals surface area contributed by atoms with Crippen LogP contribution in [0.1, 0.15) is 12.5 Å². The second kappa shape index (κ2) is 14.3. The van der Waals surface area contributed by atoms with Crippen LogP contribution in [-0.2, 0) is 9.47 Å². The van der Waals surface area contributed by atoms with Crippen LogP contribution in [0.25, 0.3) is 0 Å².